The van der Waals surface area contributed by atoms with Crippen molar-refractivity contribution < 1.29 is 18.0 Å². The fraction of sp³-hybridized carbons (Fsp3) is 0.286. The third-order valence-electron chi connectivity index (χ3n) is 6.87. The van der Waals surface area contributed by atoms with Gasteiger partial charge >= 0.3 is 0 Å². The smallest absolute Gasteiger partial charge is 0.241 e. The summed E-state index contributed by atoms with van der Waals surface area (Å²) >= 11 is 0. The number of rotatable bonds is 7. The Morgan fingerprint density at radius 2 is 1.57 bits per heavy atom. The molecule has 1 atom stereocenters. The first-order valence-corrected chi connectivity index (χ1v) is 14.0. The lowest BCUT2D eigenvalue weighted by Crippen LogP contribution is -2.55. The first-order chi connectivity index (χ1) is 17.9. The monoisotopic (exact) mass is 518 g/mol. The number of anilines is 2. The Morgan fingerprint density at radius 1 is 0.892 bits per heavy atom. The molecule has 2 aliphatic heterocycles. The number of sulfonamides is 1. The second-order valence-electron chi connectivity index (χ2n) is 9.38. The Morgan fingerprint density at radius 3 is 2.27 bits per heavy atom. The summed E-state index contributed by atoms with van der Waals surface area (Å²) in [6.07, 6.45) is 1.04. The van der Waals surface area contributed by atoms with Gasteiger partial charge in [0.25, 0.3) is 0 Å². The molecule has 0 unspecified atom stereocenters. The molecule has 1 fully saturated rings. The number of amides is 2. The number of aryl methyl sites for hydroxylation is 1. The van der Waals surface area contributed by atoms with E-state index in [-0.39, 0.29) is 23.1 Å². The van der Waals surface area contributed by atoms with Gasteiger partial charge in [-0.25, -0.2) is 8.42 Å². The molecule has 0 spiro atoms. The summed E-state index contributed by atoms with van der Waals surface area (Å²) in [5.74, 6) is -0.313. The lowest BCUT2D eigenvalue weighted by Gasteiger charge is -2.37. The van der Waals surface area contributed by atoms with Crippen LogP contribution < -0.4 is 14.9 Å². The Balaban J connectivity index is 1.34. The molecule has 2 N–H and O–H groups in total. The van der Waals surface area contributed by atoms with Crippen LogP contribution in [0.1, 0.15) is 17.5 Å². The van der Waals surface area contributed by atoms with Gasteiger partial charge in [-0.1, -0.05) is 48.5 Å². The first kappa shape index (κ1) is 25.0. The van der Waals surface area contributed by atoms with E-state index in [4.69, 9.17) is 0 Å². The van der Waals surface area contributed by atoms with Crippen LogP contribution in [-0.4, -0.2) is 57.4 Å². The average molecular weight is 519 g/mol. The van der Waals surface area contributed by atoms with E-state index in [0.29, 0.717) is 44.7 Å². The summed E-state index contributed by atoms with van der Waals surface area (Å²) in [7, 11) is -3.98. The lowest BCUT2D eigenvalue weighted by atomic mass is 10.0. The zero-order valence-electron chi connectivity index (χ0n) is 20.5. The second kappa shape index (κ2) is 10.7. The fourth-order valence-electron chi connectivity index (χ4n) is 4.86. The summed E-state index contributed by atoms with van der Waals surface area (Å²) in [6.45, 7) is 2.38. The van der Waals surface area contributed by atoms with Gasteiger partial charge in [0.1, 0.15) is 6.04 Å². The fourth-order valence-corrected chi connectivity index (χ4v) is 6.10. The molecule has 9 heteroatoms. The highest BCUT2D eigenvalue weighted by Crippen LogP contribution is 2.26. The molecule has 2 amide bonds. The van der Waals surface area contributed by atoms with Gasteiger partial charge in [-0.15, -0.1) is 0 Å². The summed E-state index contributed by atoms with van der Waals surface area (Å²) in [5.41, 5.74) is 3.38. The molecule has 2 aliphatic rings. The Bertz CT molecular complexity index is 1370. The van der Waals surface area contributed by atoms with Gasteiger partial charge in [-0.3, -0.25) is 9.59 Å². The Labute approximate surface area is 217 Å². The van der Waals surface area contributed by atoms with E-state index in [0.717, 1.165) is 16.8 Å². The average Bonchev–Trinajstić information content (AvgIpc) is 2.93. The van der Waals surface area contributed by atoms with Crippen LogP contribution in [0, 0.1) is 0 Å². The predicted octanol–water partition coefficient (Wildman–Crippen LogP) is 2.81. The summed E-state index contributed by atoms with van der Waals surface area (Å²) in [5, 5.41) is 2.77. The lowest BCUT2D eigenvalue weighted by molar-refractivity contribution is -0.133. The van der Waals surface area contributed by atoms with E-state index in [9.17, 15) is 18.0 Å². The molecule has 0 aliphatic carbocycles. The SMILES string of the molecule is O=C1CCc2cc(S(=O)(=O)N[C@@H](Cc3ccccc3)C(=O)N3CCN(c4ccccc4)CC3)ccc2N1. The van der Waals surface area contributed by atoms with Crippen molar-refractivity contribution in [2.45, 2.75) is 30.2 Å². The van der Waals surface area contributed by atoms with Crippen LogP contribution in [0.4, 0.5) is 11.4 Å². The quantitative estimate of drug-likeness (QED) is 0.501. The van der Waals surface area contributed by atoms with E-state index in [2.05, 4.69) is 14.9 Å². The predicted molar refractivity (Wildman–Crippen MR) is 143 cm³/mol. The van der Waals surface area contributed by atoms with Crippen molar-refractivity contribution in [1.82, 2.24) is 9.62 Å². The standard InChI is InChI=1S/C28H30N4O4S/c33-27-14-11-22-20-24(12-13-25(22)29-27)37(35,36)30-26(19-21-7-3-1-4-8-21)28(34)32-17-15-31(16-18-32)23-9-5-2-6-10-23/h1-10,12-13,20,26,30H,11,14-19H2,(H,29,33)/t26-/m0/s1. The zero-order valence-corrected chi connectivity index (χ0v) is 21.3. The molecule has 0 radical (unpaired) electrons. The molecule has 8 nitrogen and oxygen atoms in total. The Hall–Kier alpha value is -3.69. The van der Waals surface area contributed by atoms with Gasteiger partial charge in [-0.2, -0.15) is 4.72 Å². The maximum Gasteiger partial charge on any atom is 0.241 e. The number of piperazine rings is 1. The van der Waals surface area contributed by atoms with Crippen molar-refractivity contribution in [2.75, 3.05) is 36.4 Å². The molecule has 1 saturated heterocycles. The molecule has 2 heterocycles. The summed E-state index contributed by atoms with van der Waals surface area (Å²) < 4.78 is 29.6. The van der Waals surface area contributed by atoms with Gasteiger partial charge in [0.2, 0.25) is 21.8 Å². The number of fused-ring (bicyclic) bond motifs is 1. The number of nitrogens with one attached hydrogen (secondary N) is 2. The van der Waals surface area contributed by atoms with E-state index >= 15 is 0 Å². The van der Waals surface area contributed by atoms with Gasteiger partial charge in [0.15, 0.2) is 0 Å². The van der Waals surface area contributed by atoms with Crippen molar-refractivity contribution in [3.05, 3.63) is 90.0 Å². The summed E-state index contributed by atoms with van der Waals surface area (Å²) in [6, 6.07) is 23.2. The minimum Gasteiger partial charge on any atom is -0.368 e. The van der Waals surface area contributed by atoms with Crippen molar-refractivity contribution in [2.24, 2.45) is 0 Å². The molecule has 192 valence electrons. The van der Waals surface area contributed by atoms with Crippen LogP contribution in [0.25, 0.3) is 0 Å². The Kier molecular flexibility index (Phi) is 7.25. The molecule has 0 saturated carbocycles. The summed E-state index contributed by atoms with van der Waals surface area (Å²) in [4.78, 5) is 29.4. The highest BCUT2D eigenvalue weighted by molar-refractivity contribution is 7.89. The van der Waals surface area contributed by atoms with Gasteiger partial charge in [0, 0.05) is 44.0 Å². The third-order valence-corrected chi connectivity index (χ3v) is 8.34. The van der Waals surface area contributed by atoms with Crippen LogP contribution in [0.2, 0.25) is 0 Å². The van der Waals surface area contributed by atoms with E-state index < -0.39 is 16.1 Å². The van der Waals surface area contributed by atoms with Crippen LogP contribution >= 0.6 is 0 Å². The number of hydrogen-bond donors (Lipinski definition) is 2. The second-order valence-corrected chi connectivity index (χ2v) is 11.1. The minimum absolute atomic E-state index is 0.0814. The molecule has 0 bridgehead atoms. The van der Waals surface area contributed by atoms with Crippen LogP contribution in [0.3, 0.4) is 0 Å². The molecule has 3 aromatic rings. The molecule has 0 aromatic heterocycles. The highest BCUT2D eigenvalue weighted by atomic mass is 32.2. The minimum atomic E-state index is -3.98. The number of para-hydroxylation sites is 1. The molecular weight excluding hydrogens is 488 g/mol. The largest absolute Gasteiger partial charge is 0.368 e. The van der Waals surface area contributed by atoms with Crippen LogP contribution in [-0.2, 0) is 32.5 Å². The molecule has 5 rings (SSSR count). The van der Waals surface area contributed by atoms with E-state index in [1.807, 2.05) is 60.7 Å². The normalized spacial score (nSPS) is 16.6. The van der Waals surface area contributed by atoms with Crippen LogP contribution in [0.5, 0.6) is 0 Å². The number of carbonyl (C=O) groups is 2. The van der Waals surface area contributed by atoms with Gasteiger partial charge in [0.05, 0.1) is 4.90 Å². The molecular formula is C28H30N4O4S. The van der Waals surface area contributed by atoms with Crippen LogP contribution in [0.15, 0.2) is 83.8 Å². The van der Waals surface area contributed by atoms with Gasteiger partial charge < -0.3 is 15.1 Å². The van der Waals surface area contributed by atoms with Crippen molar-refractivity contribution >= 4 is 33.2 Å². The van der Waals surface area contributed by atoms with Gasteiger partial charge in [-0.05, 0) is 54.3 Å². The first-order valence-electron chi connectivity index (χ1n) is 12.5. The topological polar surface area (TPSA) is 98.8 Å². The zero-order chi connectivity index (χ0) is 25.8. The highest BCUT2D eigenvalue weighted by Gasteiger charge is 2.32. The number of carbonyl (C=O) groups excluding carboxylic acids is 2. The van der Waals surface area contributed by atoms with E-state index in [1.54, 1.807) is 17.0 Å². The van der Waals surface area contributed by atoms with Crippen molar-refractivity contribution in [3.8, 4) is 0 Å². The maximum atomic E-state index is 13.7. The number of benzene rings is 3. The molecule has 3 aromatic carbocycles. The third kappa shape index (κ3) is 5.84. The van der Waals surface area contributed by atoms with Crippen molar-refractivity contribution in [3.63, 3.8) is 0 Å². The van der Waals surface area contributed by atoms with E-state index in [1.165, 1.54) is 6.07 Å². The number of nitrogens with zero attached hydrogens (tertiary/aromatic N) is 2. The maximum absolute atomic E-state index is 13.7. The van der Waals surface area contributed by atoms with Crippen molar-refractivity contribution in [1.29, 1.82) is 0 Å². The molecule has 37 heavy (non-hydrogen) atoms. The number of hydrogen-bond acceptors (Lipinski definition) is 5.